The molecule has 0 bridgehead atoms. The first-order valence-electron chi connectivity index (χ1n) is 10.9. The van der Waals surface area contributed by atoms with Crippen molar-refractivity contribution in [3.63, 3.8) is 0 Å². The van der Waals surface area contributed by atoms with Crippen LogP contribution in [0.25, 0.3) is 22.6 Å². The molecule has 1 aliphatic heterocycles. The number of aromatic nitrogens is 2. The molecule has 31 heavy (non-hydrogen) atoms. The summed E-state index contributed by atoms with van der Waals surface area (Å²) in [6.45, 7) is 4.08. The summed E-state index contributed by atoms with van der Waals surface area (Å²) < 4.78 is 32.6. The summed E-state index contributed by atoms with van der Waals surface area (Å²) in [4.78, 5) is 11.6. The van der Waals surface area contributed by atoms with Crippen LogP contribution in [-0.4, -0.2) is 41.1 Å². The van der Waals surface area contributed by atoms with Crippen molar-refractivity contribution < 1.29 is 13.5 Å². The molecule has 0 unspecified atom stereocenters. The predicted octanol–water partition coefficient (Wildman–Crippen LogP) is 5.73. The van der Waals surface area contributed by atoms with Crippen LogP contribution >= 0.6 is 0 Å². The highest BCUT2D eigenvalue weighted by atomic mass is 19.1. The monoisotopic (exact) mass is 423 g/mol. The molecule has 1 aliphatic rings. The van der Waals surface area contributed by atoms with E-state index in [1.165, 1.54) is 56.6 Å². The lowest BCUT2D eigenvalue weighted by Crippen LogP contribution is -2.30. The minimum atomic E-state index is -0.316. The van der Waals surface area contributed by atoms with Crippen LogP contribution in [-0.2, 0) is 0 Å². The van der Waals surface area contributed by atoms with Gasteiger partial charge in [0, 0.05) is 17.2 Å². The number of likely N-dealkylation sites (tertiary alicyclic amines) is 1. The average Bonchev–Trinajstić information content (AvgIpc) is 2.80. The van der Waals surface area contributed by atoms with Crippen molar-refractivity contribution in [2.24, 2.45) is 0 Å². The zero-order valence-corrected chi connectivity index (χ0v) is 17.6. The zero-order chi connectivity index (χ0) is 21.5. The number of hydrogen-bond donors (Lipinski definition) is 0. The summed E-state index contributed by atoms with van der Waals surface area (Å²) in [6, 6.07) is 14.0. The first kappa shape index (κ1) is 21.4. The van der Waals surface area contributed by atoms with Gasteiger partial charge < -0.3 is 9.64 Å². The van der Waals surface area contributed by atoms with Gasteiger partial charge in [-0.25, -0.2) is 13.8 Å². The molecule has 4 nitrogen and oxygen atoms in total. The maximum Gasteiger partial charge on any atom is 0.217 e. The van der Waals surface area contributed by atoms with E-state index in [2.05, 4.69) is 14.9 Å². The number of nitrogens with zero attached hydrogens (tertiary/aromatic N) is 3. The highest BCUT2D eigenvalue weighted by Crippen LogP contribution is 2.26. The van der Waals surface area contributed by atoms with Gasteiger partial charge in [0.05, 0.1) is 12.3 Å². The summed E-state index contributed by atoms with van der Waals surface area (Å²) in [5.74, 6) is 0.294. The largest absolute Gasteiger partial charge is 0.478 e. The molecule has 0 spiro atoms. The minimum Gasteiger partial charge on any atom is -0.478 e. The first-order chi connectivity index (χ1) is 15.2. The van der Waals surface area contributed by atoms with Crippen LogP contribution in [0.1, 0.15) is 32.1 Å². The van der Waals surface area contributed by atoms with Crippen molar-refractivity contribution in [1.82, 2.24) is 14.9 Å². The molecule has 4 rings (SSSR count). The molecule has 0 saturated carbocycles. The number of rotatable bonds is 8. The summed E-state index contributed by atoms with van der Waals surface area (Å²) in [7, 11) is 0. The second-order valence-electron chi connectivity index (χ2n) is 7.89. The summed E-state index contributed by atoms with van der Waals surface area (Å²) >= 11 is 0. The number of benzene rings is 2. The molecule has 0 aliphatic carbocycles. The van der Waals surface area contributed by atoms with Crippen LogP contribution < -0.4 is 4.74 Å². The van der Waals surface area contributed by atoms with Gasteiger partial charge in [-0.05, 0) is 93.8 Å². The maximum absolute atomic E-state index is 13.3. The highest BCUT2D eigenvalue weighted by molar-refractivity contribution is 5.65. The van der Waals surface area contributed by atoms with Crippen LogP contribution in [0.2, 0.25) is 0 Å². The molecule has 162 valence electrons. The molecular formula is C25H27F2N3O. The molecule has 2 heterocycles. The van der Waals surface area contributed by atoms with Crippen molar-refractivity contribution >= 4 is 0 Å². The fraction of sp³-hybridized carbons (Fsp3) is 0.360. The van der Waals surface area contributed by atoms with E-state index in [1.807, 2.05) is 0 Å². The van der Waals surface area contributed by atoms with Crippen LogP contribution in [0.3, 0.4) is 0 Å². The highest BCUT2D eigenvalue weighted by Gasteiger charge is 2.12. The Labute approximate surface area is 181 Å². The third-order valence-corrected chi connectivity index (χ3v) is 5.51. The molecule has 6 heteroatoms. The van der Waals surface area contributed by atoms with Gasteiger partial charge in [-0.3, -0.25) is 0 Å². The van der Waals surface area contributed by atoms with E-state index in [4.69, 9.17) is 4.74 Å². The number of hydrogen-bond acceptors (Lipinski definition) is 4. The number of unbranched alkanes of at least 4 members (excludes halogenated alkanes) is 1. The number of piperidine rings is 1. The van der Waals surface area contributed by atoms with Crippen LogP contribution in [0.4, 0.5) is 8.78 Å². The maximum atomic E-state index is 13.3. The molecule has 3 aromatic rings. The Balaban J connectivity index is 1.46. The van der Waals surface area contributed by atoms with Crippen molar-refractivity contribution in [2.75, 3.05) is 26.2 Å². The minimum absolute atomic E-state index is 0.304. The van der Waals surface area contributed by atoms with Gasteiger partial charge >= 0.3 is 0 Å². The molecule has 0 N–H and O–H groups in total. The Morgan fingerprint density at radius 1 is 0.774 bits per heavy atom. The topological polar surface area (TPSA) is 38.2 Å². The average molecular weight is 424 g/mol. The van der Waals surface area contributed by atoms with E-state index < -0.39 is 0 Å². The van der Waals surface area contributed by atoms with Gasteiger partial charge in [-0.2, -0.15) is 4.98 Å². The molecule has 2 aromatic carbocycles. The number of ether oxygens (including phenoxy) is 1. The Hall–Kier alpha value is -2.86. The second-order valence-corrected chi connectivity index (χ2v) is 7.89. The number of halogens is 2. The van der Waals surface area contributed by atoms with Gasteiger partial charge in [0.2, 0.25) is 5.88 Å². The van der Waals surface area contributed by atoms with E-state index in [9.17, 15) is 8.78 Å². The van der Waals surface area contributed by atoms with E-state index >= 15 is 0 Å². The summed E-state index contributed by atoms with van der Waals surface area (Å²) in [6.07, 6.45) is 5.98. The lowest BCUT2D eigenvalue weighted by atomic mass is 10.1. The van der Waals surface area contributed by atoms with Crippen LogP contribution in [0.15, 0.2) is 54.6 Å². The van der Waals surface area contributed by atoms with Gasteiger partial charge in [0.1, 0.15) is 11.6 Å². The van der Waals surface area contributed by atoms with E-state index in [0.29, 0.717) is 29.6 Å². The fourth-order valence-corrected chi connectivity index (χ4v) is 3.79. The Morgan fingerprint density at radius 3 is 2.10 bits per heavy atom. The molecule has 1 fully saturated rings. The normalized spacial score (nSPS) is 14.5. The molecule has 1 saturated heterocycles. The zero-order valence-electron chi connectivity index (χ0n) is 17.6. The van der Waals surface area contributed by atoms with Gasteiger partial charge in [0.25, 0.3) is 0 Å². The van der Waals surface area contributed by atoms with Crippen molar-refractivity contribution in [3.05, 3.63) is 66.2 Å². The Morgan fingerprint density at radius 2 is 1.42 bits per heavy atom. The standard InChI is InChI=1S/C25H27F2N3O/c26-21-10-6-19(7-11-21)23-18-24(29-25(28-23)20-8-12-22(27)13-9-20)31-17-5-4-16-30-14-2-1-3-15-30/h6-13,18H,1-5,14-17H2. The van der Waals surface area contributed by atoms with E-state index in [-0.39, 0.29) is 11.6 Å². The summed E-state index contributed by atoms with van der Waals surface area (Å²) in [5.41, 5.74) is 2.10. The predicted molar refractivity (Wildman–Crippen MR) is 118 cm³/mol. The molecule has 0 radical (unpaired) electrons. The van der Waals surface area contributed by atoms with E-state index in [0.717, 1.165) is 24.9 Å². The lowest BCUT2D eigenvalue weighted by Gasteiger charge is -2.26. The van der Waals surface area contributed by atoms with Gasteiger partial charge in [-0.15, -0.1) is 0 Å². The third kappa shape index (κ3) is 6.07. The molecule has 0 amide bonds. The van der Waals surface area contributed by atoms with Gasteiger partial charge in [-0.1, -0.05) is 6.42 Å². The smallest absolute Gasteiger partial charge is 0.217 e. The van der Waals surface area contributed by atoms with Crippen molar-refractivity contribution in [3.8, 4) is 28.5 Å². The second kappa shape index (κ2) is 10.4. The molecule has 1 aromatic heterocycles. The fourth-order valence-electron chi connectivity index (χ4n) is 3.79. The van der Waals surface area contributed by atoms with Gasteiger partial charge in [0.15, 0.2) is 5.82 Å². The SMILES string of the molecule is Fc1ccc(-c2cc(OCCCCN3CCCCC3)nc(-c3ccc(F)cc3)n2)cc1. The quantitative estimate of drug-likeness (QED) is 0.434. The first-order valence-corrected chi connectivity index (χ1v) is 10.9. The summed E-state index contributed by atoms with van der Waals surface area (Å²) in [5, 5.41) is 0. The van der Waals surface area contributed by atoms with Crippen molar-refractivity contribution in [2.45, 2.75) is 32.1 Å². The van der Waals surface area contributed by atoms with E-state index in [1.54, 1.807) is 30.3 Å². The van der Waals surface area contributed by atoms with Crippen LogP contribution in [0, 0.1) is 11.6 Å². The Kier molecular flexibility index (Phi) is 7.20. The lowest BCUT2D eigenvalue weighted by molar-refractivity contribution is 0.215. The third-order valence-electron chi connectivity index (χ3n) is 5.51. The molecule has 0 atom stereocenters. The molecular weight excluding hydrogens is 396 g/mol. The Bertz CT molecular complexity index is 907. The van der Waals surface area contributed by atoms with Crippen molar-refractivity contribution in [1.29, 1.82) is 0 Å². The van der Waals surface area contributed by atoms with Crippen LogP contribution in [0.5, 0.6) is 5.88 Å².